The number of aromatic hydroxyl groups is 2. The van der Waals surface area contributed by atoms with Gasteiger partial charge in [-0.25, -0.2) is 0 Å². The Morgan fingerprint density at radius 2 is 1.68 bits per heavy atom. The van der Waals surface area contributed by atoms with Crippen molar-refractivity contribution in [2.45, 2.75) is 45.6 Å². The first-order valence-corrected chi connectivity index (χ1v) is 10.6. The topological polar surface area (TPSA) is 99.1 Å². The minimum Gasteiger partial charge on any atom is -0.508 e. The third kappa shape index (κ3) is 6.13. The molecule has 3 rings (SSSR count). The predicted molar refractivity (Wildman–Crippen MR) is 117 cm³/mol. The van der Waals surface area contributed by atoms with Crippen molar-refractivity contribution in [1.29, 1.82) is 0 Å². The Hall–Kier alpha value is -3.22. The van der Waals surface area contributed by atoms with Crippen LogP contribution in [0.5, 0.6) is 17.2 Å². The van der Waals surface area contributed by atoms with E-state index >= 15 is 0 Å². The Labute approximate surface area is 182 Å². The lowest BCUT2D eigenvalue weighted by Gasteiger charge is -2.32. The summed E-state index contributed by atoms with van der Waals surface area (Å²) in [5.41, 5.74) is 2.40. The summed E-state index contributed by atoms with van der Waals surface area (Å²) in [6.45, 7) is 5.71. The van der Waals surface area contributed by atoms with Crippen molar-refractivity contribution in [3.8, 4) is 17.2 Å². The normalized spacial score (nSPS) is 14.3. The number of carbonyl (C=O) groups is 2. The molecule has 0 aromatic heterocycles. The van der Waals surface area contributed by atoms with Gasteiger partial charge >= 0.3 is 0 Å². The smallest absolute Gasteiger partial charge is 0.251 e. The Kier molecular flexibility index (Phi) is 7.39. The Morgan fingerprint density at radius 3 is 2.29 bits per heavy atom. The van der Waals surface area contributed by atoms with E-state index in [1.165, 1.54) is 18.2 Å². The molecule has 1 aliphatic rings. The average molecular weight is 427 g/mol. The van der Waals surface area contributed by atoms with Crippen LogP contribution in [0.1, 0.15) is 47.2 Å². The van der Waals surface area contributed by atoms with Gasteiger partial charge in [0, 0.05) is 37.2 Å². The second-order valence-electron chi connectivity index (χ2n) is 8.04. The SMILES string of the molecule is Cc1cccc(C)c1OCCCC(=O)N1CCC(NC(=O)c2cc(O)cc(O)c2)CC1. The second kappa shape index (κ2) is 10.2. The molecule has 31 heavy (non-hydrogen) atoms. The average Bonchev–Trinajstić information content (AvgIpc) is 2.72. The third-order valence-corrected chi connectivity index (χ3v) is 5.54. The van der Waals surface area contributed by atoms with Crippen LogP contribution in [0.15, 0.2) is 36.4 Å². The molecular weight excluding hydrogens is 396 g/mol. The van der Waals surface area contributed by atoms with Crippen LogP contribution in [0.25, 0.3) is 0 Å². The van der Waals surface area contributed by atoms with Crippen molar-refractivity contribution in [2.24, 2.45) is 0 Å². The zero-order valence-electron chi connectivity index (χ0n) is 18.1. The maximum atomic E-state index is 12.5. The monoisotopic (exact) mass is 426 g/mol. The van der Waals surface area contributed by atoms with Gasteiger partial charge in [0.05, 0.1) is 6.61 Å². The second-order valence-corrected chi connectivity index (χ2v) is 8.04. The van der Waals surface area contributed by atoms with Crippen LogP contribution in [-0.2, 0) is 4.79 Å². The van der Waals surface area contributed by atoms with E-state index in [4.69, 9.17) is 4.74 Å². The van der Waals surface area contributed by atoms with Gasteiger partial charge in [0.15, 0.2) is 0 Å². The highest BCUT2D eigenvalue weighted by molar-refractivity contribution is 5.95. The number of phenolic OH excluding ortho intramolecular Hbond substituents is 2. The summed E-state index contributed by atoms with van der Waals surface area (Å²) in [6, 6.07) is 9.78. The number of ether oxygens (including phenoxy) is 1. The highest BCUT2D eigenvalue weighted by Crippen LogP contribution is 2.23. The first-order valence-electron chi connectivity index (χ1n) is 10.6. The minimum atomic E-state index is -0.348. The standard InChI is InChI=1S/C24H30N2O5/c1-16-5-3-6-17(2)23(16)31-12-4-7-22(29)26-10-8-19(9-11-26)25-24(30)18-13-20(27)15-21(28)14-18/h3,5-6,13-15,19,27-28H,4,7-12H2,1-2H3,(H,25,30). The number of rotatable bonds is 7. The van der Waals surface area contributed by atoms with Gasteiger partial charge in [0.2, 0.25) is 5.91 Å². The van der Waals surface area contributed by atoms with Crippen LogP contribution in [-0.4, -0.2) is 52.7 Å². The molecule has 0 atom stereocenters. The molecule has 0 unspecified atom stereocenters. The molecule has 1 saturated heterocycles. The van der Waals surface area contributed by atoms with Gasteiger partial charge in [0.1, 0.15) is 17.2 Å². The lowest BCUT2D eigenvalue weighted by Crippen LogP contribution is -2.46. The number of hydrogen-bond acceptors (Lipinski definition) is 5. The van der Waals surface area contributed by atoms with Crippen molar-refractivity contribution in [3.63, 3.8) is 0 Å². The molecule has 0 saturated carbocycles. The Bertz CT molecular complexity index is 895. The van der Waals surface area contributed by atoms with Gasteiger partial charge in [-0.3, -0.25) is 9.59 Å². The number of nitrogens with one attached hydrogen (secondary N) is 1. The quantitative estimate of drug-likeness (QED) is 0.590. The van der Waals surface area contributed by atoms with E-state index in [0.29, 0.717) is 45.4 Å². The molecule has 2 aromatic rings. The summed E-state index contributed by atoms with van der Waals surface area (Å²) < 4.78 is 5.87. The number of phenols is 2. The zero-order chi connectivity index (χ0) is 22.4. The molecule has 3 N–H and O–H groups in total. The van der Waals surface area contributed by atoms with Gasteiger partial charge in [-0.15, -0.1) is 0 Å². The molecule has 0 spiro atoms. The minimum absolute atomic E-state index is 0.0478. The molecule has 1 heterocycles. The number of amides is 2. The molecular formula is C24H30N2O5. The van der Waals surface area contributed by atoms with Crippen LogP contribution in [0, 0.1) is 13.8 Å². The van der Waals surface area contributed by atoms with Gasteiger partial charge in [-0.05, 0) is 56.4 Å². The van der Waals surface area contributed by atoms with E-state index in [1.807, 2.05) is 36.9 Å². The van der Waals surface area contributed by atoms with Crippen molar-refractivity contribution in [3.05, 3.63) is 53.1 Å². The summed E-state index contributed by atoms with van der Waals surface area (Å²) in [6.07, 6.45) is 2.43. The first-order chi connectivity index (χ1) is 14.8. The van der Waals surface area contributed by atoms with Crippen LogP contribution < -0.4 is 10.1 Å². The van der Waals surface area contributed by atoms with Crippen molar-refractivity contribution >= 4 is 11.8 Å². The molecule has 7 nitrogen and oxygen atoms in total. The molecule has 7 heteroatoms. The molecule has 2 amide bonds. The van der Waals surface area contributed by atoms with Gasteiger partial charge in [0.25, 0.3) is 5.91 Å². The number of piperidine rings is 1. The lowest BCUT2D eigenvalue weighted by atomic mass is 10.0. The molecule has 0 aliphatic carbocycles. The Balaban J connectivity index is 1.39. The van der Waals surface area contributed by atoms with Crippen LogP contribution in [0.3, 0.4) is 0 Å². The highest BCUT2D eigenvalue weighted by atomic mass is 16.5. The van der Waals surface area contributed by atoms with E-state index in [2.05, 4.69) is 5.32 Å². The molecule has 1 aliphatic heterocycles. The third-order valence-electron chi connectivity index (χ3n) is 5.54. The summed E-state index contributed by atoms with van der Waals surface area (Å²) in [5.74, 6) is 0.332. The van der Waals surface area contributed by atoms with E-state index in [0.717, 1.165) is 16.9 Å². The number of benzene rings is 2. The van der Waals surface area contributed by atoms with Gasteiger partial charge in [-0.1, -0.05) is 18.2 Å². The number of likely N-dealkylation sites (tertiary alicyclic amines) is 1. The van der Waals surface area contributed by atoms with Crippen LogP contribution in [0.4, 0.5) is 0 Å². The number of nitrogens with zero attached hydrogens (tertiary/aromatic N) is 1. The van der Waals surface area contributed by atoms with E-state index in [9.17, 15) is 19.8 Å². The fourth-order valence-corrected chi connectivity index (χ4v) is 3.85. The first kappa shape index (κ1) is 22.5. The van der Waals surface area contributed by atoms with Crippen LogP contribution in [0.2, 0.25) is 0 Å². The largest absolute Gasteiger partial charge is 0.508 e. The van der Waals surface area contributed by atoms with Crippen molar-refractivity contribution < 1.29 is 24.5 Å². The maximum absolute atomic E-state index is 12.5. The van der Waals surface area contributed by atoms with Crippen LogP contribution >= 0.6 is 0 Å². The highest BCUT2D eigenvalue weighted by Gasteiger charge is 2.24. The van der Waals surface area contributed by atoms with E-state index < -0.39 is 0 Å². The van der Waals surface area contributed by atoms with Crippen molar-refractivity contribution in [2.75, 3.05) is 19.7 Å². The molecule has 1 fully saturated rings. The van der Waals surface area contributed by atoms with E-state index in [1.54, 1.807) is 0 Å². The summed E-state index contributed by atoms with van der Waals surface area (Å²) in [7, 11) is 0. The Morgan fingerprint density at radius 1 is 1.06 bits per heavy atom. The lowest BCUT2D eigenvalue weighted by molar-refractivity contribution is -0.132. The summed E-state index contributed by atoms with van der Waals surface area (Å²) >= 11 is 0. The fourth-order valence-electron chi connectivity index (χ4n) is 3.85. The number of aryl methyl sites for hydroxylation is 2. The molecule has 166 valence electrons. The maximum Gasteiger partial charge on any atom is 0.251 e. The molecule has 0 radical (unpaired) electrons. The number of para-hydroxylation sites is 1. The van der Waals surface area contributed by atoms with E-state index in [-0.39, 0.29) is 34.9 Å². The molecule has 0 bridgehead atoms. The fraction of sp³-hybridized carbons (Fsp3) is 0.417. The number of carbonyl (C=O) groups excluding carboxylic acids is 2. The summed E-state index contributed by atoms with van der Waals surface area (Å²) in [4.78, 5) is 26.7. The summed E-state index contributed by atoms with van der Waals surface area (Å²) in [5, 5.41) is 22.0. The predicted octanol–water partition coefficient (Wildman–Crippen LogP) is 3.29. The zero-order valence-corrected chi connectivity index (χ0v) is 18.1. The molecule has 2 aromatic carbocycles. The number of hydrogen-bond donors (Lipinski definition) is 3. The van der Waals surface area contributed by atoms with Crippen molar-refractivity contribution in [1.82, 2.24) is 10.2 Å². The van der Waals surface area contributed by atoms with Gasteiger partial charge in [-0.2, -0.15) is 0 Å². The van der Waals surface area contributed by atoms with Gasteiger partial charge < -0.3 is 25.2 Å².